The molecule has 3 fully saturated rings. The van der Waals surface area contributed by atoms with Crippen LogP contribution in [0.5, 0.6) is 11.6 Å². The predicted octanol–water partition coefficient (Wildman–Crippen LogP) is 7.05. The summed E-state index contributed by atoms with van der Waals surface area (Å²) in [6.45, 7) is 2.81. The molecule has 3 aliphatic heterocycles. The summed E-state index contributed by atoms with van der Waals surface area (Å²) in [5.41, 5.74) is -1.37. The smallest absolute Gasteiger partial charge is 0.259 e. The molecule has 0 amide bonds. The first kappa shape index (κ1) is 28.9. The zero-order valence-corrected chi connectivity index (χ0v) is 25.3. The van der Waals surface area contributed by atoms with Crippen LogP contribution in [0.25, 0.3) is 32.1 Å². The fraction of sp³-hybridized carbons (Fsp3) is 0.452. The molecule has 2 aromatic carbocycles. The minimum absolute atomic E-state index is 0.00953. The Hall–Kier alpha value is -2.86. The van der Waals surface area contributed by atoms with Gasteiger partial charge in [-0.3, -0.25) is 0 Å². The van der Waals surface area contributed by atoms with Crippen LogP contribution in [0, 0.1) is 17.0 Å². The summed E-state index contributed by atoms with van der Waals surface area (Å²) < 4.78 is 69.4. The number of fused-ring (bicyclic) bond motifs is 4. The molecule has 1 unspecified atom stereocenters. The van der Waals surface area contributed by atoms with E-state index in [0.717, 1.165) is 12.8 Å². The Balaban J connectivity index is 1.38. The van der Waals surface area contributed by atoms with Crippen LogP contribution in [0.1, 0.15) is 26.2 Å². The minimum Gasteiger partial charge on any atom is -0.508 e. The average Bonchev–Trinajstić information content (AvgIpc) is 3.49. The summed E-state index contributed by atoms with van der Waals surface area (Å²) in [5, 5.41) is 16.6. The highest BCUT2D eigenvalue weighted by Gasteiger charge is 2.53. The highest BCUT2D eigenvalue weighted by atomic mass is 35.5. The molecule has 2 aromatic heterocycles. The van der Waals surface area contributed by atoms with Crippen LogP contribution >= 0.6 is 22.9 Å². The number of piperidine rings is 1. The fourth-order valence-corrected chi connectivity index (χ4v) is 8.21. The molecule has 0 spiro atoms. The number of nitrogens with zero attached hydrogens (tertiary/aromatic N) is 3. The minimum atomic E-state index is -2.96. The van der Waals surface area contributed by atoms with Gasteiger partial charge in [0.05, 0.1) is 21.7 Å². The molecule has 4 aromatic rings. The highest BCUT2D eigenvalue weighted by molar-refractivity contribution is 7.18. The molecule has 12 heteroatoms. The van der Waals surface area contributed by atoms with Crippen molar-refractivity contribution in [1.82, 2.24) is 15.2 Å². The lowest BCUT2D eigenvalue weighted by Crippen LogP contribution is -2.55. The van der Waals surface area contributed by atoms with E-state index in [1.165, 1.54) is 36.5 Å². The molecular formula is C31H31ClF4N4O2S. The number of benzene rings is 2. The van der Waals surface area contributed by atoms with Gasteiger partial charge in [0.15, 0.2) is 5.82 Å². The lowest BCUT2D eigenvalue weighted by Gasteiger charge is -2.44. The van der Waals surface area contributed by atoms with Gasteiger partial charge in [-0.1, -0.05) is 11.6 Å². The van der Waals surface area contributed by atoms with Gasteiger partial charge in [0.2, 0.25) is 5.88 Å². The Kier molecular flexibility index (Phi) is 6.96. The first-order chi connectivity index (χ1) is 20.4. The number of aromatic nitrogens is 1. The van der Waals surface area contributed by atoms with Crippen molar-refractivity contribution in [3.63, 3.8) is 0 Å². The van der Waals surface area contributed by atoms with Gasteiger partial charge in [0.25, 0.3) is 5.92 Å². The number of pyridine rings is 1. The summed E-state index contributed by atoms with van der Waals surface area (Å²) in [7, 11) is 1.79. The molecular weight excluding hydrogens is 604 g/mol. The molecule has 3 aliphatic rings. The van der Waals surface area contributed by atoms with Crippen molar-refractivity contribution in [2.45, 2.75) is 44.2 Å². The summed E-state index contributed by atoms with van der Waals surface area (Å²) >= 11 is 7.67. The maximum Gasteiger partial charge on any atom is 0.259 e. The highest BCUT2D eigenvalue weighted by Crippen LogP contribution is 2.46. The largest absolute Gasteiger partial charge is 0.508 e. The molecule has 5 heterocycles. The van der Waals surface area contributed by atoms with Crippen molar-refractivity contribution in [2.24, 2.45) is 5.41 Å². The first-order valence-corrected chi connectivity index (χ1v) is 15.6. The van der Waals surface area contributed by atoms with E-state index in [0.29, 0.717) is 33.9 Å². The Bertz CT molecular complexity index is 1740. The number of halogens is 5. The third kappa shape index (κ3) is 4.88. The maximum atomic E-state index is 16.6. The molecule has 0 saturated carbocycles. The fourth-order valence-electron chi connectivity index (χ4n) is 6.95. The number of anilines is 1. The van der Waals surface area contributed by atoms with Crippen LogP contribution in [0.15, 0.2) is 29.6 Å². The average molecular weight is 635 g/mol. The van der Waals surface area contributed by atoms with Gasteiger partial charge in [-0.25, -0.2) is 22.5 Å². The molecule has 228 valence electrons. The Morgan fingerprint density at radius 1 is 1.16 bits per heavy atom. The Labute approximate surface area is 255 Å². The number of hydrogen-bond acceptors (Lipinski definition) is 7. The molecule has 3 atom stereocenters. The lowest BCUT2D eigenvalue weighted by molar-refractivity contribution is -0.168. The predicted molar refractivity (Wildman–Crippen MR) is 162 cm³/mol. The number of thiophene rings is 1. The monoisotopic (exact) mass is 634 g/mol. The van der Waals surface area contributed by atoms with Crippen LogP contribution in [-0.2, 0) is 0 Å². The van der Waals surface area contributed by atoms with E-state index in [1.54, 1.807) is 18.5 Å². The second-order valence-electron chi connectivity index (χ2n) is 12.5. The molecule has 6 nitrogen and oxygen atoms in total. The lowest BCUT2D eigenvalue weighted by atomic mass is 9.79. The van der Waals surface area contributed by atoms with Crippen molar-refractivity contribution in [2.75, 3.05) is 44.7 Å². The van der Waals surface area contributed by atoms with E-state index in [1.807, 2.05) is 4.90 Å². The zero-order valence-electron chi connectivity index (χ0n) is 23.7. The van der Waals surface area contributed by atoms with Crippen LogP contribution < -0.4 is 15.0 Å². The Morgan fingerprint density at radius 2 is 1.91 bits per heavy atom. The number of ether oxygens (including phenoxy) is 1. The number of rotatable bonds is 5. The van der Waals surface area contributed by atoms with E-state index < -0.39 is 23.0 Å². The normalized spacial score (nSPS) is 25.6. The van der Waals surface area contributed by atoms with Gasteiger partial charge < -0.3 is 25.0 Å². The number of nitrogens with one attached hydrogen (secondary N) is 1. The van der Waals surface area contributed by atoms with Gasteiger partial charge in [-0.15, -0.1) is 11.3 Å². The van der Waals surface area contributed by atoms with Crippen LogP contribution in [0.3, 0.4) is 0 Å². The molecule has 0 aliphatic carbocycles. The number of likely N-dealkylation sites (tertiary alicyclic amines) is 1. The van der Waals surface area contributed by atoms with E-state index in [9.17, 15) is 5.11 Å². The molecule has 2 N–H and O–H groups in total. The maximum absolute atomic E-state index is 16.6. The van der Waals surface area contributed by atoms with Crippen molar-refractivity contribution < 1.29 is 27.4 Å². The standard InChI is InChI=1S/C31H31ClF4N4O2S/c1-30(14-39(2)6-5-31(30,35)36)15-42-25-10-23(40-11-16-3-4-17(12-40)37-16)19-9-22(33)27(28(34)29(19)38-25)20-7-18(41)8-24-26(20)21(32)13-43-24/h7-10,13,16-17,37,41H,3-6,11-12,14-15H2,1-2H3/t16-,17+,30?. The van der Waals surface area contributed by atoms with Crippen molar-refractivity contribution >= 4 is 49.6 Å². The Morgan fingerprint density at radius 3 is 2.65 bits per heavy atom. The number of piperazine rings is 1. The number of aromatic hydroxyl groups is 1. The molecule has 43 heavy (non-hydrogen) atoms. The van der Waals surface area contributed by atoms with E-state index in [-0.39, 0.29) is 71.9 Å². The van der Waals surface area contributed by atoms with Gasteiger partial charge in [0.1, 0.15) is 23.7 Å². The van der Waals surface area contributed by atoms with Gasteiger partial charge in [-0.05, 0) is 45.0 Å². The van der Waals surface area contributed by atoms with Gasteiger partial charge in [-0.2, -0.15) is 0 Å². The number of phenols is 1. The van der Waals surface area contributed by atoms with E-state index >= 15 is 17.6 Å². The van der Waals surface area contributed by atoms with Crippen molar-refractivity contribution in [1.29, 1.82) is 0 Å². The van der Waals surface area contributed by atoms with Gasteiger partial charge in [0, 0.05) is 77.2 Å². The van der Waals surface area contributed by atoms with E-state index in [2.05, 4.69) is 15.2 Å². The summed E-state index contributed by atoms with van der Waals surface area (Å²) in [6, 6.07) is 6.11. The molecule has 0 radical (unpaired) electrons. The van der Waals surface area contributed by atoms with Crippen LogP contribution in [0.2, 0.25) is 5.02 Å². The number of alkyl halides is 2. The molecule has 7 rings (SSSR count). The second-order valence-corrected chi connectivity index (χ2v) is 13.8. The van der Waals surface area contributed by atoms with Crippen LogP contribution in [0.4, 0.5) is 23.2 Å². The number of hydrogen-bond donors (Lipinski definition) is 2. The quantitative estimate of drug-likeness (QED) is 0.230. The third-order valence-corrected chi connectivity index (χ3v) is 10.6. The van der Waals surface area contributed by atoms with Crippen molar-refractivity contribution in [3.05, 3.63) is 46.3 Å². The van der Waals surface area contributed by atoms with Crippen LogP contribution in [-0.4, -0.2) is 72.8 Å². The second kappa shape index (κ2) is 10.4. The molecule has 3 saturated heterocycles. The van der Waals surface area contributed by atoms with Gasteiger partial charge >= 0.3 is 0 Å². The topological polar surface area (TPSA) is 60.9 Å². The first-order valence-electron chi connectivity index (χ1n) is 14.4. The van der Waals surface area contributed by atoms with E-state index in [4.69, 9.17) is 16.3 Å². The summed E-state index contributed by atoms with van der Waals surface area (Å²) in [5.74, 6) is -4.90. The zero-order chi connectivity index (χ0) is 30.3. The third-order valence-electron chi connectivity index (χ3n) is 9.24. The summed E-state index contributed by atoms with van der Waals surface area (Å²) in [6.07, 6.45) is 1.71. The SMILES string of the molecule is CN1CCC(F)(F)C(C)(COc2cc(N3C[C@H]4CC[C@@H](C3)N4)c3cc(F)c(-c4cc(O)cc5scc(Cl)c45)c(F)c3n2)C1. The molecule has 2 bridgehead atoms. The summed E-state index contributed by atoms with van der Waals surface area (Å²) in [4.78, 5) is 8.36. The van der Waals surface area contributed by atoms with Crippen molar-refractivity contribution in [3.8, 4) is 22.8 Å². The number of phenolic OH excluding ortho intramolecular Hbond substituents is 1.